The Morgan fingerprint density at radius 3 is 2.46 bits per heavy atom. The Hall–Kier alpha value is -0.980. The van der Waals surface area contributed by atoms with Crippen molar-refractivity contribution >= 4 is 39.1 Å². The van der Waals surface area contributed by atoms with E-state index in [2.05, 4.69) is 21.2 Å². The molecule has 0 bridgehead atoms. The molecule has 0 saturated heterocycles. The van der Waals surface area contributed by atoms with Crippen molar-refractivity contribution in [1.29, 1.82) is 0 Å². The van der Waals surface area contributed by atoms with E-state index in [-0.39, 0.29) is 12.7 Å². The molecule has 154 valence electrons. The van der Waals surface area contributed by atoms with Gasteiger partial charge in [-0.3, -0.25) is 0 Å². The van der Waals surface area contributed by atoms with Gasteiger partial charge in [-0.05, 0) is 56.6 Å². The second-order valence-corrected chi connectivity index (χ2v) is 8.20. The van der Waals surface area contributed by atoms with E-state index in [0.29, 0.717) is 21.5 Å². The van der Waals surface area contributed by atoms with Gasteiger partial charge in [-0.1, -0.05) is 45.2 Å². The summed E-state index contributed by atoms with van der Waals surface area (Å²) in [5.41, 5.74) is 1.84. The maximum atomic E-state index is 6.21. The third-order valence-electron chi connectivity index (χ3n) is 4.03. The SMILES string of the molecule is COc1cc(CNCCCOC(C)C)c(Br)cc1OCc1c(Cl)cccc1Cl. The van der Waals surface area contributed by atoms with Gasteiger partial charge in [-0.2, -0.15) is 0 Å². The van der Waals surface area contributed by atoms with Crippen LogP contribution in [0.4, 0.5) is 0 Å². The number of hydrogen-bond donors (Lipinski definition) is 1. The Balaban J connectivity index is 1.97. The van der Waals surface area contributed by atoms with Gasteiger partial charge >= 0.3 is 0 Å². The van der Waals surface area contributed by atoms with Crippen molar-refractivity contribution in [3.63, 3.8) is 0 Å². The Morgan fingerprint density at radius 1 is 1.11 bits per heavy atom. The molecule has 0 fully saturated rings. The lowest BCUT2D eigenvalue weighted by molar-refractivity contribution is 0.0770. The molecule has 4 nitrogen and oxygen atoms in total. The highest BCUT2D eigenvalue weighted by atomic mass is 79.9. The summed E-state index contributed by atoms with van der Waals surface area (Å²) in [4.78, 5) is 0. The fourth-order valence-electron chi connectivity index (χ4n) is 2.54. The van der Waals surface area contributed by atoms with E-state index in [1.165, 1.54) is 0 Å². The Kier molecular flexibility index (Phi) is 9.89. The average molecular weight is 491 g/mol. The molecule has 28 heavy (non-hydrogen) atoms. The normalized spacial score (nSPS) is 11.1. The highest BCUT2D eigenvalue weighted by molar-refractivity contribution is 9.10. The van der Waals surface area contributed by atoms with Crippen LogP contribution in [0.15, 0.2) is 34.8 Å². The first-order valence-electron chi connectivity index (χ1n) is 9.16. The van der Waals surface area contributed by atoms with Crippen molar-refractivity contribution in [2.24, 2.45) is 0 Å². The fraction of sp³-hybridized carbons (Fsp3) is 0.429. The maximum Gasteiger partial charge on any atom is 0.162 e. The standard InChI is InChI=1S/C21H26BrCl2NO3/c1-14(2)27-9-5-8-25-12-15-10-20(26-3)21(11-17(15)22)28-13-16-18(23)6-4-7-19(16)24/h4,6-7,10-11,14,25H,5,8-9,12-13H2,1-3H3. The summed E-state index contributed by atoms with van der Waals surface area (Å²) in [6, 6.07) is 9.26. The quantitative estimate of drug-likeness (QED) is 0.378. The Morgan fingerprint density at radius 2 is 1.82 bits per heavy atom. The second-order valence-electron chi connectivity index (χ2n) is 6.53. The van der Waals surface area contributed by atoms with Gasteiger partial charge in [-0.25, -0.2) is 0 Å². The van der Waals surface area contributed by atoms with Crippen molar-refractivity contribution in [2.45, 2.75) is 39.5 Å². The third kappa shape index (κ3) is 7.12. The zero-order valence-corrected chi connectivity index (χ0v) is 19.5. The molecule has 0 spiro atoms. The monoisotopic (exact) mass is 489 g/mol. The second kappa shape index (κ2) is 11.9. The number of rotatable bonds is 11. The van der Waals surface area contributed by atoms with E-state index in [1.54, 1.807) is 19.2 Å². The molecule has 0 aliphatic carbocycles. The lowest BCUT2D eigenvalue weighted by Crippen LogP contribution is -2.17. The van der Waals surface area contributed by atoms with Gasteiger partial charge in [0, 0.05) is 33.2 Å². The molecule has 7 heteroatoms. The predicted octanol–water partition coefficient (Wildman–Crippen LogP) is 6.25. The van der Waals surface area contributed by atoms with E-state index in [1.807, 2.05) is 32.0 Å². The molecule has 0 radical (unpaired) electrons. The molecule has 2 aromatic carbocycles. The molecule has 0 aromatic heterocycles. The highest BCUT2D eigenvalue weighted by Crippen LogP contribution is 2.35. The van der Waals surface area contributed by atoms with Crippen LogP contribution in [0, 0.1) is 0 Å². The molecule has 2 rings (SSSR count). The largest absolute Gasteiger partial charge is 0.493 e. The zero-order chi connectivity index (χ0) is 20.5. The minimum absolute atomic E-state index is 0.259. The summed E-state index contributed by atoms with van der Waals surface area (Å²) in [6.07, 6.45) is 1.24. The molecule has 0 heterocycles. The smallest absolute Gasteiger partial charge is 0.162 e. The fourth-order valence-corrected chi connectivity index (χ4v) is 3.51. The van der Waals surface area contributed by atoms with E-state index in [9.17, 15) is 0 Å². The van der Waals surface area contributed by atoms with Gasteiger partial charge < -0.3 is 19.5 Å². The van der Waals surface area contributed by atoms with Crippen LogP contribution in [0.5, 0.6) is 11.5 Å². The Bertz CT molecular complexity index is 751. The number of halogens is 3. The lowest BCUT2D eigenvalue weighted by atomic mass is 10.2. The molecule has 2 aromatic rings. The van der Waals surface area contributed by atoms with Crippen LogP contribution in [0.2, 0.25) is 10.0 Å². The highest BCUT2D eigenvalue weighted by Gasteiger charge is 2.13. The summed E-state index contributed by atoms with van der Waals surface area (Å²) in [6.45, 7) is 6.70. The Labute approximate surface area is 185 Å². The zero-order valence-electron chi connectivity index (χ0n) is 16.4. The molecule has 0 aliphatic rings. The number of nitrogens with one attached hydrogen (secondary N) is 1. The summed E-state index contributed by atoms with van der Waals surface area (Å²) in [7, 11) is 1.62. The first-order valence-corrected chi connectivity index (χ1v) is 10.7. The van der Waals surface area contributed by atoms with Crippen molar-refractivity contribution in [3.8, 4) is 11.5 Å². The van der Waals surface area contributed by atoms with Gasteiger partial charge in [0.15, 0.2) is 11.5 Å². The van der Waals surface area contributed by atoms with Crippen LogP contribution in [0.1, 0.15) is 31.4 Å². The number of methoxy groups -OCH3 is 1. The van der Waals surface area contributed by atoms with Crippen LogP contribution < -0.4 is 14.8 Å². The minimum atomic E-state index is 0.259. The topological polar surface area (TPSA) is 39.7 Å². The van der Waals surface area contributed by atoms with Gasteiger partial charge in [-0.15, -0.1) is 0 Å². The van der Waals surface area contributed by atoms with Crippen molar-refractivity contribution in [1.82, 2.24) is 5.32 Å². The first-order chi connectivity index (χ1) is 13.4. The molecule has 0 unspecified atom stereocenters. The van der Waals surface area contributed by atoms with E-state index in [4.69, 9.17) is 37.4 Å². The minimum Gasteiger partial charge on any atom is -0.493 e. The predicted molar refractivity (Wildman–Crippen MR) is 119 cm³/mol. The average Bonchev–Trinajstić information content (AvgIpc) is 2.65. The molecular weight excluding hydrogens is 465 g/mol. The molecule has 0 saturated carbocycles. The molecular formula is C21H26BrCl2NO3. The van der Waals surface area contributed by atoms with Crippen molar-refractivity contribution < 1.29 is 14.2 Å². The van der Waals surface area contributed by atoms with Gasteiger partial charge in [0.1, 0.15) is 6.61 Å². The molecule has 0 aliphatic heterocycles. The molecule has 1 N–H and O–H groups in total. The van der Waals surface area contributed by atoms with Crippen LogP contribution in [0.25, 0.3) is 0 Å². The van der Waals surface area contributed by atoms with Gasteiger partial charge in [0.25, 0.3) is 0 Å². The lowest BCUT2D eigenvalue weighted by Gasteiger charge is -2.15. The summed E-state index contributed by atoms with van der Waals surface area (Å²) >= 11 is 16.0. The maximum absolute atomic E-state index is 6.21. The summed E-state index contributed by atoms with van der Waals surface area (Å²) < 4.78 is 17.9. The third-order valence-corrected chi connectivity index (χ3v) is 5.48. The van der Waals surface area contributed by atoms with Crippen LogP contribution in [-0.2, 0) is 17.9 Å². The van der Waals surface area contributed by atoms with E-state index in [0.717, 1.165) is 41.7 Å². The van der Waals surface area contributed by atoms with Crippen LogP contribution in [0.3, 0.4) is 0 Å². The summed E-state index contributed by atoms with van der Waals surface area (Å²) in [5.74, 6) is 1.28. The molecule has 0 amide bonds. The van der Waals surface area contributed by atoms with E-state index >= 15 is 0 Å². The van der Waals surface area contributed by atoms with Gasteiger partial charge in [0.05, 0.1) is 13.2 Å². The van der Waals surface area contributed by atoms with Crippen LogP contribution >= 0.6 is 39.1 Å². The summed E-state index contributed by atoms with van der Waals surface area (Å²) in [5, 5.41) is 4.57. The first kappa shape index (κ1) is 23.3. The van der Waals surface area contributed by atoms with Crippen molar-refractivity contribution in [3.05, 3.63) is 56.0 Å². The van der Waals surface area contributed by atoms with Gasteiger partial charge in [0.2, 0.25) is 0 Å². The van der Waals surface area contributed by atoms with Crippen LogP contribution in [-0.4, -0.2) is 26.4 Å². The number of benzene rings is 2. The number of ether oxygens (including phenoxy) is 3. The number of hydrogen-bond acceptors (Lipinski definition) is 4. The molecule has 0 atom stereocenters. The van der Waals surface area contributed by atoms with E-state index < -0.39 is 0 Å². The van der Waals surface area contributed by atoms with Crippen molar-refractivity contribution in [2.75, 3.05) is 20.3 Å².